The van der Waals surface area contributed by atoms with E-state index in [1.54, 1.807) is 12.1 Å². The van der Waals surface area contributed by atoms with Gasteiger partial charge in [0.05, 0.1) is 12.3 Å². The van der Waals surface area contributed by atoms with Crippen molar-refractivity contribution >= 4 is 0 Å². The number of nitrogens with zero attached hydrogens (tertiary/aromatic N) is 3. The van der Waals surface area contributed by atoms with Crippen molar-refractivity contribution in [2.75, 3.05) is 13.1 Å². The van der Waals surface area contributed by atoms with Crippen molar-refractivity contribution in [2.45, 2.75) is 40.0 Å². The first-order valence-corrected chi connectivity index (χ1v) is 8.15. The first kappa shape index (κ1) is 17.6. The molecular weight excluding hydrogens is 293 g/mol. The third-order valence-corrected chi connectivity index (χ3v) is 3.73. The van der Waals surface area contributed by atoms with Crippen LogP contribution in [-0.4, -0.2) is 32.9 Å². The van der Waals surface area contributed by atoms with E-state index in [1.165, 1.54) is 12.1 Å². The summed E-state index contributed by atoms with van der Waals surface area (Å²) in [6, 6.07) is 6.05. The lowest BCUT2D eigenvalue weighted by Gasteiger charge is -2.26. The fourth-order valence-electron chi connectivity index (χ4n) is 2.67. The molecule has 4 nitrogen and oxygen atoms in total. The van der Waals surface area contributed by atoms with Gasteiger partial charge in [-0.25, -0.2) is 4.39 Å². The summed E-state index contributed by atoms with van der Waals surface area (Å²) in [4.78, 5) is 2.22. The van der Waals surface area contributed by atoms with Crippen molar-refractivity contribution in [3.63, 3.8) is 0 Å². The Hall–Kier alpha value is -1.72. The third-order valence-electron chi connectivity index (χ3n) is 3.73. The fraction of sp³-hybridized carbons (Fsp3) is 0.500. The van der Waals surface area contributed by atoms with E-state index in [9.17, 15) is 9.50 Å². The summed E-state index contributed by atoms with van der Waals surface area (Å²) in [6.45, 7) is 9.37. The molecule has 0 saturated carbocycles. The predicted molar refractivity (Wildman–Crippen MR) is 89.4 cm³/mol. The quantitative estimate of drug-likeness (QED) is 0.812. The maximum Gasteiger partial charge on any atom is 0.123 e. The van der Waals surface area contributed by atoms with E-state index in [0.29, 0.717) is 12.5 Å². The second-order valence-corrected chi connectivity index (χ2v) is 6.36. The smallest absolute Gasteiger partial charge is 0.123 e. The number of aliphatic hydroxyl groups excluding tert-OH is 1. The first-order valence-electron chi connectivity index (χ1n) is 8.15. The van der Waals surface area contributed by atoms with Crippen LogP contribution >= 0.6 is 0 Å². The van der Waals surface area contributed by atoms with Crippen LogP contribution in [0.15, 0.2) is 36.7 Å². The average molecular weight is 319 g/mol. The van der Waals surface area contributed by atoms with Gasteiger partial charge in [-0.05, 0) is 30.5 Å². The molecule has 0 spiro atoms. The lowest BCUT2D eigenvalue weighted by Crippen LogP contribution is -2.31. The van der Waals surface area contributed by atoms with Gasteiger partial charge in [0.15, 0.2) is 0 Å². The number of benzene rings is 1. The summed E-state index contributed by atoms with van der Waals surface area (Å²) >= 11 is 0. The molecule has 23 heavy (non-hydrogen) atoms. The number of aliphatic hydroxyl groups is 1. The summed E-state index contributed by atoms with van der Waals surface area (Å²) < 4.78 is 14.9. The SMILES string of the molecule is CCn1cc(CN(CC(C)C)CC(O)c2ccc(F)cc2)cn1. The lowest BCUT2D eigenvalue weighted by molar-refractivity contribution is 0.102. The Morgan fingerprint density at radius 1 is 1.22 bits per heavy atom. The van der Waals surface area contributed by atoms with Crippen LogP contribution < -0.4 is 0 Å². The fourth-order valence-corrected chi connectivity index (χ4v) is 2.67. The average Bonchev–Trinajstić information content (AvgIpc) is 2.94. The number of rotatable bonds is 8. The topological polar surface area (TPSA) is 41.3 Å². The van der Waals surface area contributed by atoms with Crippen molar-refractivity contribution < 1.29 is 9.50 Å². The predicted octanol–water partition coefficient (Wildman–Crippen LogP) is 3.23. The van der Waals surface area contributed by atoms with E-state index >= 15 is 0 Å². The highest BCUT2D eigenvalue weighted by atomic mass is 19.1. The Kier molecular flexibility index (Phi) is 6.30. The minimum Gasteiger partial charge on any atom is -0.387 e. The molecule has 1 heterocycles. The summed E-state index contributed by atoms with van der Waals surface area (Å²) in [7, 11) is 0. The van der Waals surface area contributed by atoms with E-state index in [4.69, 9.17) is 0 Å². The summed E-state index contributed by atoms with van der Waals surface area (Å²) in [5.41, 5.74) is 1.88. The van der Waals surface area contributed by atoms with E-state index < -0.39 is 6.10 Å². The molecule has 0 fully saturated rings. The monoisotopic (exact) mass is 319 g/mol. The van der Waals surface area contributed by atoms with Gasteiger partial charge < -0.3 is 5.11 Å². The third kappa shape index (κ3) is 5.44. The maximum atomic E-state index is 13.0. The van der Waals surface area contributed by atoms with Crippen LogP contribution in [0.2, 0.25) is 0 Å². The molecule has 1 aromatic heterocycles. The minimum absolute atomic E-state index is 0.285. The van der Waals surface area contributed by atoms with Crippen molar-refractivity contribution in [3.8, 4) is 0 Å². The number of hydrogen-bond donors (Lipinski definition) is 1. The van der Waals surface area contributed by atoms with Crippen LogP contribution in [0, 0.1) is 11.7 Å². The van der Waals surface area contributed by atoms with Crippen LogP contribution in [0.1, 0.15) is 38.0 Å². The van der Waals surface area contributed by atoms with Gasteiger partial charge in [-0.3, -0.25) is 9.58 Å². The molecule has 0 aliphatic rings. The number of aryl methyl sites for hydroxylation is 1. The summed E-state index contributed by atoms with van der Waals surface area (Å²) in [5, 5.41) is 14.7. The second kappa shape index (κ2) is 8.22. The standard InChI is InChI=1S/C18H26FN3O/c1-4-22-12-15(9-20-22)11-21(10-14(2)3)13-18(23)16-5-7-17(19)8-6-16/h5-9,12,14,18,23H,4,10-11,13H2,1-3H3. The largest absolute Gasteiger partial charge is 0.387 e. The van der Waals surface area contributed by atoms with Crippen LogP contribution in [0.5, 0.6) is 0 Å². The first-order chi connectivity index (χ1) is 11.0. The lowest BCUT2D eigenvalue weighted by atomic mass is 10.1. The van der Waals surface area contributed by atoms with Crippen LogP contribution in [-0.2, 0) is 13.1 Å². The van der Waals surface area contributed by atoms with Crippen molar-refractivity contribution in [2.24, 2.45) is 5.92 Å². The molecule has 0 radical (unpaired) electrons. The Morgan fingerprint density at radius 2 is 1.91 bits per heavy atom. The molecule has 1 aromatic carbocycles. The molecule has 0 saturated heterocycles. The summed E-state index contributed by atoms with van der Waals surface area (Å²) in [5.74, 6) is 0.212. The molecule has 0 aliphatic carbocycles. The maximum absolute atomic E-state index is 13.0. The molecule has 1 atom stereocenters. The highest BCUT2D eigenvalue weighted by Gasteiger charge is 2.16. The van der Waals surface area contributed by atoms with Gasteiger partial charge in [0.1, 0.15) is 5.82 Å². The van der Waals surface area contributed by atoms with E-state index in [-0.39, 0.29) is 5.82 Å². The Bertz CT molecular complexity index is 595. The van der Waals surface area contributed by atoms with Gasteiger partial charge in [-0.1, -0.05) is 26.0 Å². The van der Waals surface area contributed by atoms with Gasteiger partial charge in [0, 0.05) is 37.9 Å². The summed E-state index contributed by atoms with van der Waals surface area (Å²) in [6.07, 6.45) is 3.29. The molecule has 0 bridgehead atoms. The highest BCUT2D eigenvalue weighted by molar-refractivity contribution is 5.18. The second-order valence-electron chi connectivity index (χ2n) is 6.36. The van der Waals surface area contributed by atoms with E-state index in [1.807, 2.05) is 17.1 Å². The molecule has 1 unspecified atom stereocenters. The zero-order valence-electron chi connectivity index (χ0n) is 14.1. The molecule has 2 aromatic rings. The van der Waals surface area contributed by atoms with Crippen LogP contribution in [0.4, 0.5) is 4.39 Å². The van der Waals surface area contributed by atoms with Crippen molar-refractivity contribution in [1.82, 2.24) is 14.7 Å². The molecule has 1 N–H and O–H groups in total. The van der Waals surface area contributed by atoms with Crippen molar-refractivity contribution in [3.05, 3.63) is 53.6 Å². The van der Waals surface area contributed by atoms with Gasteiger partial charge >= 0.3 is 0 Å². The highest BCUT2D eigenvalue weighted by Crippen LogP contribution is 2.17. The van der Waals surface area contributed by atoms with Gasteiger partial charge in [0.2, 0.25) is 0 Å². The molecule has 5 heteroatoms. The molecule has 0 amide bonds. The molecule has 0 aliphatic heterocycles. The number of aromatic nitrogens is 2. The molecule has 2 rings (SSSR count). The van der Waals surface area contributed by atoms with Gasteiger partial charge in [-0.15, -0.1) is 0 Å². The van der Waals surface area contributed by atoms with Crippen LogP contribution in [0.25, 0.3) is 0 Å². The normalized spacial score (nSPS) is 13.0. The number of halogens is 1. The van der Waals surface area contributed by atoms with E-state index in [0.717, 1.165) is 30.8 Å². The zero-order chi connectivity index (χ0) is 16.8. The zero-order valence-corrected chi connectivity index (χ0v) is 14.1. The van der Waals surface area contributed by atoms with Crippen LogP contribution in [0.3, 0.4) is 0 Å². The van der Waals surface area contributed by atoms with Crippen molar-refractivity contribution in [1.29, 1.82) is 0 Å². The number of hydrogen-bond acceptors (Lipinski definition) is 3. The minimum atomic E-state index is -0.629. The Balaban J connectivity index is 2.03. The Labute approximate surface area is 137 Å². The Morgan fingerprint density at radius 3 is 2.48 bits per heavy atom. The van der Waals surface area contributed by atoms with E-state index in [2.05, 4.69) is 30.8 Å². The molecular formula is C18H26FN3O. The van der Waals surface area contributed by atoms with Gasteiger partial charge in [0.25, 0.3) is 0 Å². The van der Waals surface area contributed by atoms with Gasteiger partial charge in [-0.2, -0.15) is 5.10 Å². The molecule has 126 valence electrons.